The van der Waals surface area contributed by atoms with Crippen LogP contribution in [0, 0.1) is 0 Å². The van der Waals surface area contributed by atoms with Crippen molar-refractivity contribution < 1.29 is 19.1 Å². The zero-order valence-electron chi connectivity index (χ0n) is 18.8. The SMILES string of the molecule is CCOc1ccc([C@@H]2C(C(=O)N3CCCCC3)=C(C)NC3=C2C(=O)CCC3)cc1OC. The molecule has 0 radical (unpaired) electrons. The largest absolute Gasteiger partial charge is 0.493 e. The van der Waals surface area contributed by atoms with E-state index in [1.54, 1.807) is 7.11 Å². The topological polar surface area (TPSA) is 67.9 Å². The predicted octanol–water partition coefficient (Wildman–Crippen LogP) is 4.07. The number of methoxy groups -OCH3 is 1. The molecule has 1 aromatic rings. The van der Waals surface area contributed by atoms with Gasteiger partial charge in [-0.3, -0.25) is 9.59 Å². The number of carbonyl (C=O) groups is 2. The Balaban J connectivity index is 1.82. The summed E-state index contributed by atoms with van der Waals surface area (Å²) in [6.45, 7) is 5.97. The van der Waals surface area contributed by atoms with Crippen molar-refractivity contribution in [1.29, 1.82) is 0 Å². The zero-order chi connectivity index (χ0) is 22.0. The summed E-state index contributed by atoms with van der Waals surface area (Å²) in [5.74, 6) is 1.06. The van der Waals surface area contributed by atoms with E-state index in [1.807, 2.05) is 36.9 Å². The van der Waals surface area contributed by atoms with Gasteiger partial charge in [0.2, 0.25) is 0 Å². The van der Waals surface area contributed by atoms with Crippen molar-refractivity contribution in [2.45, 2.75) is 58.3 Å². The number of amides is 1. The normalized spacial score (nSPS) is 21.6. The molecule has 1 atom stereocenters. The molecular weight excluding hydrogens is 392 g/mol. The fraction of sp³-hybridized carbons (Fsp3) is 0.520. The van der Waals surface area contributed by atoms with Gasteiger partial charge >= 0.3 is 0 Å². The summed E-state index contributed by atoms with van der Waals surface area (Å²) in [6, 6.07) is 5.77. The summed E-state index contributed by atoms with van der Waals surface area (Å²) in [5.41, 5.74) is 4.12. The third-order valence-corrected chi connectivity index (χ3v) is 6.47. The Morgan fingerprint density at radius 2 is 1.90 bits per heavy atom. The van der Waals surface area contributed by atoms with Crippen molar-refractivity contribution in [3.63, 3.8) is 0 Å². The van der Waals surface area contributed by atoms with Crippen LogP contribution in [0.1, 0.15) is 63.9 Å². The summed E-state index contributed by atoms with van der Waals surface area (Å²) in [6.07, 6.45) is 5.41. The molecule has 0 saturated carbocycles. The zero-order valence-corrected chi connectivity index (χ0v) is 18.8. The lowest BCUT2D eigenvalue weighted by Gasteiger charge is -2.37. The maximum atomic E-state index is 13.7. The quantitative estimate of drug-likeness (QED) is 0.772. The fourth-order valence-corrected chi connectivity index (χ4v) is 5.01. The summed E-state index contributed by atoms with van der Waals surface area (Å²) >= 11 is 0. The third kappa shape index (κ3) is 4.08. The molecule has 1 aliphatic carbocycles. The van der Waals surface area contributed by atoms with E-state index in [1.165, 1.54) is 0 Å². The summed E-state index contributed by atoms with van der Waals surface area (Å²) in [5, 5.41) is 3.41. The Morgan fingerprint density at radius 1 is 1.13 bits per heavy atom. The van der Waals surface area contributed by atoms with Crippen LogP contribution in [0.5, 0.6) is 11.5 Å². The number of piperidine rings is 1. The first-order chi connectivity index (χ1) is 15.0. The van der Waals surface area contributed by atoms with E-state index in [-0.39, 0.29) is 17.6 Å². The Hall–Kier alpha value is -2.76. The third-order valence-electron chi connectivity index (χ3n) is 6.47. The van der Waals surface area contributed by atoms with Crippen molar-refractivity contribution in [3.8, 4) is 11.5 Å². The smallest absolute Gasteiger partial charge is 0.252 e. The van der Waals surface area contributed by atoms with E-state index in [4.69, 9.17) is 9.47 Å². The van der Waals surface area contributed by atoms with Crippen molar-refractivity contribution in [3.05, 3.63) is 46.3 Å². The number of carbonyl (C=O) groups excluding carboxylic acids is 2. The lowest BCUT2D eigenvalue weighted by Crippen LogP contribution is -2.42. The van der Waals surface area contributed by atoms with Crippen LogP contribution >= 0.6 is 0 Å². The van der Waals surface area contributed by atoms with E-state index in [0.29, 0.717) is 30.1 Å². The van der Waals surface area contributed by atoms with E-state index in [9.17, 15) is 9.59 Å². The minimum atomic E-state index is -0.386. The maximum absolute atomic E-state index is 13.7. The van der Waals surface area contributed by atoms with Crippen LogP contribution in [0.25, 0.3) is 0 Å². The average molecular weight is 425 g/mol. The molecular formula is C25H32N2O4. The number of likely N-dealkylation sites (tertiary alicyclic amines) is 1. The number of dihydropyridines is 1. The Morgan fingerprint density at radius 3 is 2.61 bits per heavy atom. The van der Waals surface area contributed by atoms with Crippen molar-refractivity contribution >= 4 is 11.7 Å². The molecule has 1 fully saturated rings. The summed E-state index contributed by atoms with van der Waals surface area (Å²) in [4.78, 5) is 28.7. The number of hydrogen-bond acceptors (Lipinski definition) is 5. The number of rotatable bonds is 5. The maximum Gasteiger partial charge on any atom is 0.252 e. The molecule has 31 heavy (non-hydrogen) atoms. The second kappa shape index (κ2) is 9.16. The number of allylic oxidation sites excluding steroid dienone is 3. The number of ether oxygens (including phenoxy) is 2. The first kappa shape index (κ1) is 21.5. The summed E-state index contributed by atoms with van der Waals surface area (Å²) in [7, 11) is 1.61. The molecule has 1 saturated heterocycles. The standard InChI is InChI=1S/C25H32N2O4/c1-4-31-20-12-11-17(15-21(20)30-3)23-22(25(29)27-13-6-5-7-14-27)16(2)26-18-9-8-10-19(28)24(18)23/h11-12,15,23,26H,4-10,13-14H2,1-3H3/t23-/m1/s1. The second-order valence-electron chi connectivity index (χ2n) is 8.46. The number of ketones is 1. The molecule has 2 aliphatic heterocycles. The highest BCUT2D eigenvalue weighted by atomic mass is 16.5. The van der Waals surface area contributed by atoms with Crippen molar-refractivity contribution in [2.24, 2.45) is 0 Å². The first-order valence-electron chi connectivity index (χ1n) is 11.4. The van der Waals surface area contributed by atoms with E-state index >= 15 is 0 Å². The summed E-state index contributed by atoms with van der Waals surface area (Å²) < 4.78 is 11.3. The highest BCUT2D eigenvalue weighted by molar-refractivity contribution is 6.05. The number of nitrogens with zero attached hydrogens (tertiary/aromatic N) is 1. The molecule has 166 valence electrons. The van der Waals surface area contributed by atoms with E-state index in [2.05, 4.69) is 5.32 Å². The van der Waals surface area contributed by atoms with E-state index in [0.717, 1.165) is 67.7 Å². The molecule has 0 unspecified atom stereocenters. The fourth-order valence-electron chi connectivity index (χ4n) is 5.01. The minimum absolute atomic E-state index is 0.0347. The molecule has 6 nitrogen and oxygen atoms in total. The molecule has 0 bridgehead atoms. The molecule has 3 aliphatic rings. The highest BCUT2D eigenvalue weighted by Crippen LogP contribution is 2.44. The number of nitrogens with one attached hydrogen (secondary N) is 1. The van der Waals surface area contributed by atoms with Gasteiger partial charge in [0.25, 0.3) is 5.91 Å². The van der Waals surface area contributed by atoms with Gasteiger partial charge in [-0.1, -0.05) is 6.07 Å². The van der Waals surface area contributed by atoms with Gasteiger partial charge in [-0.05, 0) is 63.6 Å². The lowest BCUT2D eigenvalue weighted by molar-refractivity contribution is -0.128. The van der Waals surface area contributed by atoms with Gasteiger partial charge in [0.05, 0.1) is 13.7 Å². The van der Waals surface area contributed by atoms with Gasteiger partial charge in [-0.2, -0.15) is 0 Å². The lowest BCUT2D eigenvalue weighted by atomic mass is 9.74. The molecule has 0 aromatic heterocycles. The van der Waals surface area contributed by atoms with Gasteiger partial charge in [-0.25, -0.2) is 0 Å². The van der Waals surface area contributed by atoms with E-state index < -0.39 is 0 Å². The predicted molar refractivity (Wildman–Crippen MR) is 119 cm³/mol. The van der Waals surface area contributed by atoms with Crippen molar-refractivity contribution in [2.75, 3.05) is 26.8 Å². The van der Waals surface area contributed by atoms with Crippen LogP contribution in [-0.4, -0.2) is 43.4 Å². The first-order valence-corrected chi connectivity index (χ1v) is 11.4. The van der Waals surface area contributed by atoms with Crippen LogP contribution in [-0.2, 0) is 9.59 Å². The molecule has 1 N–H and O–H groups in total. The van der Waals surface area contributed by atoms with Crippen LogP contribution < -0.4 is 14.8 Å². The minimum Gasteiger partial charge on any atom is -0.493 e. The monoisotopic (exact) mass is 424 g/mol. The molecule has 1 aromatic carbocycles. The van der Waals surface area contributed by atoms with Crippen LogP contribution in [0.15, 0.2) is 40.7 Å². The number of benzene rings is 1. The van der Waals surface area contributed by atoms with Gasteiger partial charge in [-0.15, -0.1) is 0 Å². The molecule has 2 heterocycles. The highest BCUT2D eigenvalue weighted by Gasteiger charge is 2.40. The van der Waals surface area contributed by atoms with Gasteiger partial charge in [0.15, 0.2) is 17.3 Å². The van der Waals surface area contributed by atoms with Gasteiger partial charge < -0.3 is 19.7 Å². The Labute approximate surface area is 184 Å². The van der Waals surface area contributed by atoms with Gasteiger partial charge in [0, 0.05) is 48.0 Å². The molecule has 0 spiro atoms. The number of Topliss-reactive ketones (excluding diaryl/α,β-unsaturated/α-hetero) is 1. The van der Waals surface area contributed by atoms with Crippen LogP contribution in [0.4, 0.5) is 0 Å². The average Bonchev–Trinajstić information content (AvgIpc) is 2.79. The Bertz CT molecular complexity index is 941. The molecule has 4 rings (SSSR count). The number of hydrogen-bond donors (Lipinski definition) is 1. The molecule has 6 heteroatoms. The Kier molecular flexibility index (Phi) is 6.35. The van der Waals surface area contributed by atoms with Crippen LogP contribution in [0.3, 0.4) is 0 Å². The second-order valence-corrected chi connectivity index (χ2v) is 8.46. The van der Waals surface area contributed by atoms with Gasteiger partial charge in [0.1, 0.15) is 0 Å². The molecule has 1 amide bonds. The van der Waals surface area contributed by atoms with Crippen LogP contribution in [0.2, 0.25) is 0 Å². The van der Waals surface area contributed by atoms with Crippen molar-refractivity contribution in [1.82, 2.24) is 10.2 Å².